The number of rotatable bonds is 18. The normalized spacial score (nSPS) is 12.0. The first kappa shape index (κ1) is 46.8. The zero-order valence-corrected chi connectivity index (χ0v) is 38.0. The minimum Gasteiger partial charge on any atom is -0.497 e. The predicted molar refractivity (Wildman–Crippen MR) is 243 cm³/mol. The number of anilines is 5. The van der Waals surface area contributed by atoms with Crippen molar-refractivity contribution < 1.29 is 46.4 Å². The highest BCUT2D eigenvalue weighted by Gasteiger charge is 2.29. The molecule has 62 heavy (non-hydrogen) atoms. The van der Waals surface area contributed by atoms with Gasteiger partial charge in [-0.05, 0) is 75.9 Å². The summed E-state index contributed by atoms with van der Waals surface area (Å²) in [6.07, 6.45) is 2.78. The van der Waals surface area contributed by atoms with Crippen molar-refractivity contribution >= 4 is 61.4 Å². The number of aromatic nitrogens is 1. The Balaban J connectivity index is 1.32. The maximum atomic E-state index is 13.6. The molecule has 2 amide bonds. The van der Waals surface area contributed by atoms with Gasteiger partial charge in [-0.3, -0.25) is 9.52 Å². The van der Waals surface area contributed by atoms with E-state index in [-0.39, 0.29) is 41.5 Å². The Kier molecular flexibility index (Phi) is 14.5. The van der Waals surface area contributed by atoms with Gasteiger partial charge in [0.15, 0.2) is 5.75 Å². The molecular weight excluding hydrogens is 815 g/mol. The van der Waals surface area contributed by atoms with Crippen LogP contribution in [0, 0.1) is 0 Å². The zero-order valence-electron chi connectivity index (χ0n) is 37.1. The smallest absolute Gasteiger partial charge is 0.323 e. The first-order valence-corrected chi connectivity index (χ1v) is 21.8. The van der Waals surface area contributed by atoms with Crippen molar-refractivity contribution in [2.75, 3.05) is 54.4 Å². The Morgan fingerprint density at radius 2 is 1.42 bits per heavy atom. The van der Waals surface area contributed by atoms with Gasteiger partial charge in [-0.25, -0.2) is 18.2 Å². The van der Waals surface area contributed by atoms with E-state index in [1.54, 1.807) is 62.7 Å². The number of nitrogens with one attached hydrogen (secondary N) is 4. The van der Waals surface area contributed by atoms with Crippen LogP contribution in [0.2, 0.25) is 0 Å². The van der Waals surface area contributed by atoms with Crippen molar-refractivity contribution in [3.63, 3.8) is 0 Å². The van der Waals surface area contributed by atoms with Crippen LogP contribution in [0.5, 0.6) is 28.7 Å². The second-order valence-electron chi connectivity index (χ2n) is 16.9. The SMILES string of the molecule is CCOC(=O)CC(C)(C)OCC(C)(C)Oc1cc(Nc2cc(Oc3ccc(NC(=O)Nc4cc(C(C)(C)C)cc(NS(C)(=O)=O)c4OC)c4ccccc34)ccn2)cc(OC)c1. The molecule has 0 aliphatic heterocycles. The lowest BCUT2D eigenvalue weighted by molar-refractivity contribution is -0.152. The molecule has 0 saturated carbocycles. The van der Waals surface area contributed by atoms with Crippen molar-refractivity contribution in [3.05, 3.63) is 90.6 Å². The average Bonchev–Trinajstić information content (AvgIpc) is 3.17. The summed E-state index contributed by atoms with van der Waals surface area (Å²) in [5, 5.41) is 10.5. The summed E-state index contributed by atoms with van der Waals surface area (Å²) in [6.45, 7) is 15.7. The van der Waals surface area contributed by atoms with Crippen LogP contribution < -0.4 is 39.6 Å². The number of pyridine rings is 1. The van der Waals surface area contributed by atoms with Gasteiger partial charge in [-0.2, -0.15) is 0 Å². The molecule has 15 nitrogen and oxygen atoms in total. The summed E-state index contributed by atoms with van der Waals surface area (Å²) in [6, 6.07) is 22.8. The number of urea groups is 1. The molecule has 1 aromatic heterocycles. The number of ether oxygens (including phenoxy) is 6. The van der Waals surface area contributed by atoms with Gasteiger partial charge in [-0.15, -0.1) is 0 Å². The van der Waals surface area contributed by atoms with Gasteiger partial charge in [0.1, 0.15) is 34.4 Å². The summed E-state index contributed by atoms with van der Waals surface area (Å²) in [5.41, 5.74) is 0.527. The van der Waals surface area contributed by atoms with Gasteiger partial charge in [-0.1, -0.05) is 45.0 Å². The van der Waals surface area contributed by atoms with Crippen LogP contribution in [0.4, 0.5) is 33.4 Å². The van der Waals surface area contributed by atoms with E-state index in [1.165, 1.54) is 7.11 Å². The molecule has 0 bridgehead atoms. The van der Waals surface area contributed by atoms with Gasteiger partial charge in [0.25, 0.3) is 0 Å². The Morgan fingerprint density at radius 3 is 2.08 bits per heavy atom. The molecular formula is C46H57N5O10S. The van der Waals surface area contributed by atoms with Crippen LogP contribution in [-0.4, -0.2) is 70.3 Å². The topological polar surface area (TPSA) is 185 Å². The molecule has 0 atom stereocenters. The number of sulfonamides is 1. The maximum absolute atomic E-state index is 13.6. The number of amides is 2. The fraction of sp³-hybridized carbons (Fsp3) is 0.370. The molecule has 5 aromatic rings. The third-order valence-corrected chi connectivity index (χ3v) is 9.85. The Labute approximate surface area is 363 Å². The standard InChI is InChI=1S/C46H57N5O10S/c1-12-58-41(52)27-45(5,6)59-28-46(7,8)61-33-24-30(23-32(25-33)56-9)48-40-26-31(19-20-47-40)60-39-18-17-36(34-15-13-14-16-35(34)39)49-43(53)50-37-21-29(44(2,3)4)22-38(42(37)57-10)51-62(11,54)55/h13-26,51H,12,27-28H2,1-11H3,(H,47,48)(H2,49,50,53). The molecule has 0 radical (unpaired) electrons. The van der Waals surface area contributed by atoms with Gasteiger partial charge in [0, 0.05) is 46.9 Å². The lowest BCUT2D eigenvalue weighted by Crippen LogP contribution is -2.40. The van der Waals surface area contributed by atoms with Gasteiger partial charge in [0.05, 0.1) is 62.8 Å². The number of hydrogen-bond acceptors (Lipinski definition) is 12. The molecule has 0 aliphatic carbocycles. The lowest BCUT2D eigenvalue weighted by Gasteiger charge is -2.32. The molecule has 5 rings (SSSR count). The van der Waals surface area contributed by atoms with Gasteiger partial charge >= 0.3 is 12.0 Å². The lowest BCUT2D eigenvalue weighted by atomic mass is 9.86. The second kappa shape index (κ2) is 19.2. The highest BCUT2D eigenvalue weighted by molar-refractivity contribution is 7.92. The fourth-order valence-corrected chi connectivity index (χ4v) is 6.91. The Hall–Kier alpha value is -6.26. The van der Waals surface area contributed by atoms with Crippen LogP contribution in [0.3, 0.4) is 0 Å². The van der Waals surface area contributed by atoms with Crippen molar-refractivity contribution in [3.8, 4) is 28.7 Å². The first-order valence-electron chi connectivity index (χ1n) is 20.0. The second-order valence-corrected chi connectivity index (χ2v) is 18.6. The highest BCUT2D eigenvalue weighted by atomic mass is 32.2. The number of esters is 1. The van der Waals surface area contributed by atoms with E-state index in [4.69, 9.17) is 28.4 Å². The van der Waals surface area contributed by atoms with Crippen molar-refractivity contribution in [2.45, 2.75) is 78.4 Å². The van der Waals surface area contributed by atoms with Crippen LogP contribution >= 0.6 is 0 Å². The summed E-state index contributed by atoms with van der Waals surface area (Å²) in [5.74, 6) is 2.44. The molecule has 16 heteroatoms. The van der Waals surface area contributed by atoms with E-state index in [0.29, 0.717) is 52.2 Å². The number of carbonyl (C=O) groups excluding carboxylic acids is 2. The summed E-state index contributed by atoms with van der Waals surface area (Å²) in [4.78, 5) is 30.1. The summed E-state index contributed by atoms with van der Waals surface area (Å²) in [7, 11) is -0.680. The Morgan fingerprint density at radius 1 is 0.742 bits per heavy atom. The van der Waals surface area contributed by atoms with Crippen LogP contribution in [0.25, 0.3) is 10.8 Å². The van der Waals surface area contributed by atoms with Crippen molar-refractivity contribution in [2.24, 2.45) is 0 Å². The molecule has 0 fully saturated rings. The zero-order chi connectivity index (χ0) is 45.5. The molecule has 0 saturated heterocycles. The number of hydrogen-bond donors (Lipinski definition) is 4. The van der Waals surface area contributed by atoms with Crippen LogP contribution in [0.15, 0.2) is 85.1 Å². The van der Waals surface area contributed by atoms with E-state index in [2.05, 4.69) is 25.7 Å². The molecule has 0 spiro atoms. The summed E-state index contributed by atoms with van der Waals surface area (Å²) >= 11 is 0. The maximum Gasteiger partial charge on any atom is 0.323 e. The van der Waals surface area contributed by atoms with Crippen LogP contribution in [0.1, 0.15) is 67.4 Å². The summed E-state index contributed by atoms with van der Waals surface area (Å²) < 4.78 is 62.0. The fourth-order valence-electron chi connectivity index (χ4n) is 6.36. The Bertz CT molecular complexity index is 2520. The minimum atomic E-state index is -3.65. The molecule has 1 heterocycles. The van der Waals surface area contributed by atoms with E-state index in [9.17, 15) is 18.0 Å². The van der Waals surface area contributed by atoms with Crippen molar-refractivity contribution in [1.82, 2.24) is 4.98 Å². The first-order chi connectivity index (χ1) is 29.1. The monoisotopic (exact) mass is 871 g/mol. The van der Waals surface area contributed by atoms with E-state index in [1.807, 2.05) is 84.9 Å². The van der Waals surface area contributed by atoms with Gasteiger partial charge in [0.2, 0.25) is 10.0 Å². The third kappa shape index (κ3) is 13.1. The molecule has 332 valence electrons. The largest absolute Gasteiger partial charge is 0.497 e. The quantitative estimate of drug-likeness (QED) is 0.0612. The molecule has 0 unspecified atom stereocenters. The number of carbonyl (C=O) groups is 2. The third-order valence-electron chi connectivity index (χ3n) is 9.26. The highest BCUT2D eigenvalue weighted by Crippen LogP contribution is 2.40. The molecule has 4 aromatic carbocycles. The predicted octanol–water partition coefficient (Wildman–Crippen LogP) is 10.0. The van der Waals surface area contributed by atoms with E-state index < -0.39 is 27.3 Å². The van der Waals surface area contributed by atoms with Crippen LogP contribution in [-0.2, 0) is 29.7 Å². The number of nitrogens with zero attached hydrogens (tertiary/aromatic N) is 1. The molecule has 4 N–H and O–H groups in total. The van der Waals surface area contributed by atoms with E-state index >= 15 is 0 Å². The number of methoxy groups -OCH3 is 2. The molecule has 0 aliphatic rings. The van der Waals surface area contributed by atoms with Crippen molar-refractivity contribution in [1.29, 1.82) is 0 Å². The number of benzene rings is 4. The minimum absolute atomic E-state index is 0.111. The number of fused-ring (bicyclic) bond motifs is 1. The van der Waals surface area contributed by atoms with Gasteiger partial charge < -0.3 is 44.4 Å². The average molecular weight is 872 g/mol. The van der Waals surface area contributed by atoms with E-state index in [0.717, 1.165) is 17.2 Å².